The van der Waals surface area contributed by atoms with Crippen LogP contribution in [0.15, 0.2) is 47.4 Å². The fraction of sp³-hybridized carbons (Fsp3) is 0.222. The zero-order valence-electron chi connectivity index (χ0n) is 13.6. The van der Waals surface area contributed by atoms with Crippen molar-refractivity contribution in [3.63, 3.8) is 0 Å². The maximum absolute atomic E-state index is 13.1. The lowest BCUT2D eigenvalue weighted by Crippen LogP contribution is -2.25. The predicted molar refractivity (Wildman–Crippen MR) is 93.4 cm³/mol. The van der Waals surface area contributed by atoms with Crippen LogP contribution < -0.4 is 10.6 Å². The summed E-state index contributed by atoms with van der Waals surface area (Å²) in [6.07, 6.45) is 0. The van der Waals surface area contributed by atoms with Crippen LogP contribution in [0.1, 0.15) is 22.8 Å². The second-order valence-electron chi connectivity index (χ2n) is 5.20. The van der Waals surface area contributed by atoms with E-state index >= 15 is 0 Å². The van der Waals surface area contributed by atoms with Gasteiger partial charge in [-0.2, -0.15) is 0 Å². The largest absolute Gasteiger partial charge is 0.352 e. The second kappa shape index (κ2) is 9.17. The Morgan fingerprint density at radius 2 is 1.84 bits per heavy atom. The summed E-state index contributed by atoms with van der Waals surface area (Å²) in [5, 5.41) is 5.45. The number of hydrogen-bond acceptors (Lipinski definition) is 3. The predicted octanol–water partition coefficient (Wildman–Crippen LogP) is 3.12. The van der Waals surface area contributed by atoms with Crippen LogP contribution in [0.5, 0.6) is 0 Å². The number of benzene rings is 2. The van der Waals surface area contributed by atoms with E-state index in [2.05, 4.69) is 10.6 Å². The number of carbonyl (C=O) groups is 2. The van der Waals surface area contributed by atoms with Crippen molar-refractivity contribution >= 4 is 23.6 Å². The van der Waals surface area contributed by atoms with E-state index in [1.54, 1.807) is 18.2 Å². The molecule has 0 saturated carbocycles. The van der Waals surface area contributed by atoms with Crippen LogP contribution in [-0.4, -0.2) is 24.1 Å². The SMILES string of the molecule is CCNC(=O)c1cccc(CNC(=O)CSc2ccc(F)c(F)c2)c1. The lowest BCUT2D eigenvalue weighted by atomic mass is 10.1. The standard InChI is InChI=1S/C18H18F2N2O2S/c1-2-21-18(24)13-5-3-4-12(8-13)10-22-17(23)11-25-14-6-7-15(19)16(20)9-14/h3-9H,2,10-11H2,1H3,(H,21,24)(H,22,23). The molecule has 0 aliphatic carbocycles. The topological polar surface area (TPSA) is 58.2 Å². The second-order valence-corrected chi connectivity index (χ2v) is 6.25. The fourth-order valence-corrected chi connectivity index (χ4v) is 2.80. The fourth-order valence-electron chi connectivity index (χ4n) is 2.05. The molecule has 0 fully saturated rings. The van der Waals surface area contributed by atoms with Crippen molar-refractivity contribution in [3.8, 4) is 0 Å². The molecule has 0 bridgehead atoms. The van der Waals surface area contributed by atoms with Gasteiger partial charge in [0.25, 0.3) is 5.91 Å². The van der Waals surface area contributed by atoms with Gasteiger partial charge in [-0.15, -0.1) is 11.8 Å². The van der Waals surface area contributed by atoms with E-state index in [1.165, 1.54) is 6.07 Å². The third-order valence-electron chi connectivity index (χ3n) is 3.28. The highest BCUT2D eigenvalue weighted by atomic mass is 32.2. The highest BCUT2D eigenvalue weighted by molar-refractivity contribution is 8.00. The number of carbonyl (C=O) groups excluding carboxylic acids is 2. The molecule has 0 aliphatic rings. The van der Waals surface area contributed by atoms with Gasteiger partial charge < -0.3 is 10.6 Å². The molecule has 2 aromatic carbocycles. The van der Waals surface area contributed by atoms with Gasteiger partial charge in [-0.3, -0.25) is 9.59 Å². The van der Waals surface area contributed by atoms with E-state index in [4.69, 9.17) is 0 Å². The monoisotopic (exact) mass is 364 g/mol. The zero-order valence-corrected chi connectivity index (χ0v) is 14.5. The first kappa shape index (κ1) is 18.9. The maximum atomic E-state index is 13.1. The summed E-state index contributed by atoms with van der Waals surface area (Å²) in [4.78, 5) is 24.1. The van der Waals surface area contributed by atoms with Crippen molar-refractivity contribution in [2.45, 2.75) is 18.4 Å². The van der Waals surface area contributed by atoms with Gasteiger partial charge in [0.1, 0.15) is 0 Å². The van der Waals surface area contributed by atoms with Gasteiger partial charge in [-0.25, -0.2) is 8.78 Å². The smallest absolute Gasteiger partial charge is 0.251 e. The average molecular weight is 364 g/mol. The highest BCUT2D eigenvalue weighted by Crippen LogP contribution is 2.20. The van der Waals surface area contributed by atoms with E-state index in [-0.39, 0.29) is 24.1 Å². The molecule has 0 saturated heterocycles. The minimum Gasteiger partial charge on any atom is -0.352 e. The summed E-state index contributed by atoms with van der Waals surface area (Å²) in [5.41, 5.74) is 1.33. The summed E-state index contributed by atoms with van der Waals surface area (Å²) in [6.45, 7) is 2.66. The molecule has 0 aliphatic heterocycles. The lowest BCUT2D eigenvalue weighted by molar-refractivity contribution is -0.118. The first-order chi connectivity index (χ1) is 12.0. The van der Waals surface area contributed by atoms with Crippen molar-refractivity contribution in [2.75, 3.05) is 12.3 Å². The van der Waals surface area contributed by atoms with Crippen LogP contribution in [0.3, 0.4) is 0 Å². The first-order valence-electron chi connectivity index (χ1n) is 7.71. The molecule has 0 spiro atoms. The van der Waals surface area contributed by atoms with Crippen LogP contribution in [0.25, 0.3) is 0 Å². The van der Waals surface area contributed by atoms with Gasteiger partial charge in [0, 0.05) is 23.5 Å². The summed E-state index contributed by atoms with van der Waals surface area (Å²) in [5.74, 6) is -2.17. The molecule has 2 N–H and O–H groups in total. The van der Waals surface area contributed by atoms with E-state index < -0.39 is 11.6 Å². The molecule has 0 heterocycles. The van der Waals surface area contributed by atoms with E-state index in [9.17, 15) is 18.4 Å². The van der Waals surface area contributed by atoms with Crippen molar-refractivity contribution in [3.05, 3.63) is 65.2 Å². The molecule has 25 heavy (non-hydrogen) atoms. The van der Waals surface area contributed by atoms with E-state index in [1.807, 2.05) is 13.0 Å². The number of hydrogen-bond donors (Lipinski definition) is 2. The van der Waals surface area contributed by atoms with Crippen LogP contribution in [0.2, 0.25) is 0 Å². The van der Waals surface area contributed by atoms with Crippen LogP contribution in [0.4, 0.5) is 8.78 Å². The van der Waals surface area contributed by atoms with Gasteiger partial charge in [0.2, 0.25) is 5.91 Å². The van der Waals surface area contributed by atoms with Crippen LogP contribution in [0, 0.1) is 11.6 Å². The molecule has 0 atom stereocenters. The maximum Gasteiger partial charge on any atom is 0.251 e. The number of thioether (sulfide) groups is 1. The number of nitrogens with one attached hydrogen (secondary N) is 2. The van der Waals surface area contributed by atoms with Gasteiger partial charge >= 0.3 is 0 Å². The third-order valence-corrected chi connectivity index (χ3v) is 4.27. The number of amides is 2. The Balaban J connectivity index is 1.84. The lowest BCUT2D eigenvalue weighted by Gasteiger charge is -2.08. The van der Waals surface area contributed by atoms with Gasteiger partial charge in [0.05, 0.1) is 5.75 Å². The van der Waals surface area contributed by atoms with Gasteiger partial charge in [-0.1, -0.05) is 12.1 Å². The summed E-state index contributed by atoms with van der Waals surface area (Å²) >= 11 is 1.12. The normalized spacial score (nSPS) is 10.4. The summed E-state index contributed by atoms with van der Waals surface area (Å²) < 4.78 is 26.0. The number of rotatable bonds is 7. The molecule has 2 amide bonds. The van der Waals surface area contributed by atoms with Crippen molar-refractivity contribution < 1.29 is 18.4 Å². The van der Waals surface area contributed by atoms with Crippen molar-refractivity contribution in [1.82, 2.24) is 10.6 Å². The molecule has 2 aromatic rings. The minimum absolute atomic E-state index is 0.0844. The Hall–Kier alpha value is -2.41. The first-order valence-corrected chi connectivity index (χ1v) is 8.70. The molecule has 0 radical (unpaired) electrons. The average Bonchev–Trinajstić information content (AvgIpc) is 2.61. The molecule has 7 heteroatoms. The Labute approximate surface area is 149 Å². The Morgan fingerprint density at radius 1 is 1.04 bits per heavy atom. The molecule has 0 unspecified atom stereocenters. The molecule has 0 aromatic heterocycles. The molecular formula is C18H18F2N2O2S. The van der Waals surface area contributed by atoms with Crippen LogP contribution >= 0.6 is 11.8 Å². The van der Waals surface area contributed by atoms with Crippen molar-refractivity contribution in [2.24, 2.45) is 0 Å². The highest BCUT2D eigenvalue weighted by Gasteiger charge is 2.08. The van der Waals surface area contributed by atoms with E-state index in [0.29, 0.717) is 17.0 Å². The summed E-state index contributed by atoms with van der Waals surface area (Å²) in [7, 11) is 0. The van der Waals surface area contributed by atoms with Crippen LogP contribution in [-0.2, 0) is 11.3 Å². The van der Waals surface area contributed by atoms with Crippen molar-refractivity contribution in [1.29, 1.82) is 0 Å². The van der Waals surface area contributed by atoms with Gasteiger partial charge in [-0.05, 0) is 42.8 Å². The Kier molecular flexibility index (Phi) is 6.94. The molecule has 4 nitrogen and oxygen atoms in total. The molecule has 2 rings (SSSR count). The minimum atomic E-state index is -0.937. The molecule has 132 valence electrons. The Bertz CT molecular complexity index is 768. The van der Waals surface area contributed by atoms with Gasteiger partial charge in [0.15, 0.2) is 11.6 Å². The third kappa shape index (κ3) is 5.86. The van der Waals surface area contributed by atoms with E-state index in [0.717, 1.165) is 29.5 Å². The number of halogens is 2. The zero-order chi connectivity index (χ0) is 18.2. The Morgan fingerprint density at radius 3 is 2.56 bits per heavy atom. The quantitative estimate of drug-likeness (QED) is 0.742. The summed E-state index contributed by atoms with van der Waals surface area (Å²) in [6, 6.07) is 10.5. The molecular weight excluding hydrogens is 346 g/mol.